The highest BCUT2D eigenvalue weighted by Crippen LogP contribution is 2.07. The molecule has 1 atom stereocenters. The number of aliphatic hydroxyl groups is 1. The first-order chi connectivity index (χ1) is 7.72. The van der Waals surface area contributed by atoms with Crippen LogP contribution in [0.4, 0.5) is 0 Å². The molecule has 0 aliphatic rings. The second-order valence-electron chi connectivity index (χ2n) is 3.58. The average Bonchev–Trinajstić information content (AvgIpc) is 2.28. The van der Waals surface area contributed by atoms with Gasteiger partial charge in [-0.2, -0.15) is 0 Å². The van der Waals surface area contributed by atoms with Gasteiger partial charge in [-0.15, -0.1) is 0 Å². The number of amides is 1. The number of carbonyl (C=O) groups excluding carboxylic acids is 1. The van der Waals surface area contributed by atoms with Crippen LogP contribution in [0, 0.1) is 0 Å². The number of carbonyl (C=O) groups is 1. The number of hydrogen-bond donors (Lipinski definition) is 2. The van der Waals surface area contributed by atoms with Crippen molar-refractivity contribution < 1.29 is 14.6 Å². The van der Waals surface area contributed by atoms with Crippen molar-refractivity contribution in [1.82, 2.24) is 5.32 Å². The van der Waals surface area contributed by atoms with Crippen molar-refractivity contribution in [3.8, 4) is 5.75 Å². The molecular weight excluding hydrogens is 206 g/mol. The molecule has 0 fully saturated rings. The molecule has 1 unspecified atom stereocenters. The quantitative estimate of drug-likeness (QED) is 0.755. The van der Waals surface area contributed by atoms with Crippen LogP contribution in [0.25, 0.3) is 0 Å². The van der Waals surface area contributed by atoms with Crippen LogP contribution >= 0.6 is 0 Å². The van der Waals surface area contributed by atoms with Crippen LogP contribution in [0.15, 0.2) is 30.3 Å². The highest BCUT2D eigenvalue weighted by molar-refractivity contribution is 5.77. The number of ether oxygens (including phenoxy) is 1. The van der Waals surface area contributed by atoms with Crippen LogP contribution < -0.4 is 10.1 Å². The summed E-state index contributed by atoms with van der Waals surface area (Å²) in [5.74, 6) is 0.497. The summed E-state index contributed by atoms with van der Waals surface area (Å²) in [6, 6.07) is 9.14. The Morgan fingerprint density at radius 1 is 1.44 bits per heavy atom. The maximum absolute atomic E-state index is 11.4. The van der Waals surface area contributed by atoms with E-state index in [0.29, 0.717) is 12.2 Å². The summed E-state index contributed by atoms with van der Waals surface area (Å²) in [6.45, 7) is 1.91. The van der Waals surface area contributed by atoms with E-state index in [1.165, 1.54) is 0 Å². The second kappa shape index (κ2) is 6.85. The lowest BCUT2D eigenvalue weighted by Crippen LogP contribution is -2.36. The monoisotopic (exact) mass is 223 g/mol. The van der Waals surface area contributed by atoms with Gasteiger partial charge in [-0.3, -0.25) is 4.79 Å². The SMILES string of the molecule is CC(CCO)NC(=O)COc1ccccc1. The minimum Gasteiger partial charge on any atom is -0.484 e. The van der Waals surface area contributed by atoms with E-state index in [0.717, 1.165) is 0 Å². The third-order valence-corrected chi connectivity index (χ3v) is 2.08. The molecule has 0 aliphatic carbocycles. The standard InChI is InChI=1S/C12H17NO3/c1-10(7-8-14)13-12(15)9-16-11-5-3-2-4-6-11/h2-6,10,14H,7-9H2,1H3,(H,13,15). The fourth-order valence-corrected chi connectivity index (χ4v) is 1.25. The van der Waals surface area contributed by atoms with E-state index >= 15 is 0 Å². The Bertz CT molecular complexity index is 313. The summed E-state index contributed by atoms with van der Waals surface area (Å²) in [6.07, 6.45) is 0.553. The molecule has 1 aromatic carbocycles. The van der Waals surface area contributed by atoms with Gasteiger partial charge in [0.25, 0.3) is 5.91 Å². The van der Waals surface area contributed by atoms with Crippen LogP contribution in [0.5, 0.6) is 5.75 Å². The Kier molecular flexibility index (Phi) is 5.36. The lowest BCUT2D eigenvalue weighted by molar-refractivity contribution is -0.123. The highest BCUT2D eigenvalue weighted by atomic mass is 16.5. The van der Waals surface area contributed by atoms with Crippen molar-refractivity contribution in [2.75, 3.05) is 13.2 Å². The zero-order chi connectivity index (χ0) is 11.8. The third-order valence-electron chi connectivity index (χ3n) is 2.08. The molecule has 0 saturated heterocycles. The van der Waals surface area contributed by atoms with E-state index in [2.05, 4.69) is 5.32 Å². The molecule has 0 aromatic heterocycles. The zero-order valence-corrected chi connectivity index (χ0v) is 9.35. The molecule has 0 bridgehead atoms. The lowest BCUT2D eigenvalue weighted by Gasteiger charge is -2.12. The van der Waals surface area contributed by atoms with Gasteiger partial charge in [0.05, 0.1) is 0 Å². The maximum Gasteiger partial charge on any atom is 0.258 e. The predicted molar refractivity (Wildman–Crippen MR) is 61.2 cm³/mol. The summed E-state index contributed by atoms with van der Waals surface area (Å²) in [5.41, 5.74) is 0. The van der Waals surface area contributed by atoms with E-state index in [4.69, 9.17) is 9.84 Å². The molecule has 4 heteroatoms. The first-order valence-electron chi connectivity index (χ1n) is 5.30. The van der Waals surface area contributed by atoms with Crippen LogP contribution in [-0.2, 0) is 4.79 Å². The molecule has 0 heterocycles. The first-order valence-corrected chi connectivity index (χ1v) is 5.30. The Labute approximate surface area is 95.2 Å². The van der Waals surface area contributed by atoms with Gasteiger partial charge in [-0.05, 0) is 25.5 Å². The van der Waals surface area contributed by atoms with Gasteiger partial charge in [0.15, 0.2) is 6.61 Å². The zero-order valence-electron chi connectivity index (χ0n) is 9.35. The van der Waals surface area contributed by atoms with E-state index in [-0.39, 0.29) is 25.2 Å². The second-order valence-corrected chi connectivity index (χ2v) is 3.58. The number of rotatable bonds is 6. The van der Waals surface area contributed by atoms with Gasteiger partial charge in [0, 0.05) is 12.6 Å². The molecular formula is C12H17NO3. The lowest BCUT2D eigenvalue weighted by atomic mass is 10.2. The molecule has 0 radical (unpaired) electrons. The molecule has 16 heavy (non-hydrogen) atoms. The van der Waals surface area contributed by atoms with Crippen LogP contribution in [0.1, 0.15) is 13.3 Å². The number of para-hydroxylation sites is 1. The summed E-state index contributed by atoms with van der Waals surface area (Å²) in [4.78, 5) is 11.4. The molecule has 1 aromatic rings. The Morgan fingerprint density at radius 3 is 2.75 bits per heavy atom. The third kappa shape index (κ3) is 4.79. The number of aliphatic hydroxyl groups excluding tert-OH is 1. The van der Waals surface area contributed by atoms with Gasteiger partial charge in [0.2, 0.25) is 0 Å². The molecule has 2 N–H and O–H groups in total. The Morgan fingerprint density at radius 2 is 2.12 bits per heavy atom. The predicted octanol–water partition coefficient (Wildman–Crippen LogP) is 0.952. The van der Waals surface area contributed by atoms with Crippen LogP contribution in [0.2, 0.25) is 0 Å². The van der Waals surface area contributed by atoms with Gasteiger partial charge in [0.1, 0.15) is 5.75 Å². The van der Waals surface area contributed by atoms with Crippen molar-refractivity contribution in [3.05, 3.63) is 30.3 Å². The van der Waals surface area contributed by atoms with E-state index in [1.807, 2.05) is 25.1 Å². The molecule has 1 amide bonds. The van der Waals surface area contributed by atoms with Gasteiger partial charge >= 0.3 is 0 Å². The maximum atomic E-state index is 11.4. The van der Waals surface area contributed by atoms with Crippen molar-refractivity contribution >= 4 is 5.91 Å². The number of benzene rings is 1. The van der Waals surface area contributed by atoms with Gasteiger partial charge < -0.3 is 15.2 Å². The molecule has 0 saturated carbocycles. The van der Waals surface area contributed by atoms with Crippen LogP contribution in [-0.4, -0.2) is 30.3 Å². The summed E-state index contributed by atoms with van der Waals surface area (Å²) < 4.78 is 5.27. The van der Waals surface area contributed by atoms with Crippen LogP contribution in [0.3, 0.4) is 0 Å². The fraction of sp³-hybridized carbons (Fsp3) is 0.417. The largest absolute Gasteiger partial charge is 0.484 e. The molecule has 1 rings (SSSR count). The molecule has 0 spiro atoms. The summed E-state index contributed by atoms with van der Waals surface area (Å²) >= 11 is 0. The van der Waals surface area contributed by atoms with Crippen molar-refractivity contribution in [1.29, 1.82) is 0 Å². The minimum absolute atomic E-state index is 0.000216. The Hall–Kier alpha value is -1.55. The minimum atomic E-state index is -0.176. The Balaban J connectivity index is 2.25. The van der Waals surface area contributed by atoms with Crippen molar-refractivity contribution in [2.24, 2.45) is 0 Å². The average molecular weight is 223 g/mol. The first kappa shape index (κ1) is 12.5. The fourth-order valence-electron chi connectivity index (χ4n) is 1.25. The van der Waals surface area contributed by atoms with Crippen molar-refractivity contribution in [3.63, 3.8) is 0 Å². The van der Waals surface area contributed by atoms with Crippen molar-refractivity contribution in [2.45, 2.75) is 19.4 Å². The highest BCUT2D eigenvalue weighted by Gasteiger charge is 2.06. The number of nitrogens with one attached hydrogen (secondary N) is 1. The van der Waals surface area contributed by atoms with E-state index in [9.17, 15) is 4.79 Å². The summed E-state index contributed by atoms with van der Waals surface area (Å²) in [7, 11) is 0. The topological polar surface area (TPSA) is 58.6 Å². The van der Waals surface area contributed by atoms with E-state index in [1.54, 1.807) is 12.1 Å². The normalized spacial score (nSPS) is 11.9. The molecule has 88 valence electrons. The smallest absolute Gasteiger partial charge is 0.258 e. The summed E-state index contributed by atoms with van der Waals surface area (Å²) in [5, 5.41) is 11.4. The molecule has 4 nitrogen and oxygen atoms in total. The molecule has 0 aliphatic heterocycles. The number of hydrogen-bond acceptors (Lipinski definition) is 3. The van der Waals surface area contributed by atoms with Gasteiger partial charge in [-0.25, -0.2) is 0 Å². The van der Waals surface area contributed by atoms with E-state index < -0.39 is 0 Å². The van der Waals surface area contributed by atoms with Gasteiger partial charge in [-0.1, -0.05) is 18.2 Å².